The van der Waals surface area contributed by atoms with Crippen molar-refractivity contribution < 1.29 is 29.5 Å². The zero-order valence-electron chi connectivity index (χ0n) is 20.3. The summed E-state index contributed by atoms with van der Waals surface area (Å²) in [6.07, 6.45) is 16.4. The lowest BCUT2D eigenvalue weighted by Crippen LogP contribution is -2.47. The summed E-state index contributed by atoms with van der Waals surface area (Å²) in [7, 11) is 0. The van der Waals surface area contributed by atoms with Crippen LogP contribution in [0.3, 0.4) is 0 Å². The highest BCUT2D eigenvalue weighted by Gasteiger charge is 2.54. The summed E-state index contributed by atoms with van der Waals surface area (Å²) in [6.45, 7) is 2.26. The molecule has 3 fully saturated rings. The maximum absolute atomic E-state index is 10.5. The van der Waals surface area contributed by atoms with Crippen LogP contribution < -0.4 is 0 Å². The largest absolute Gasteiger partial charge is 0.393 e. The van der Waals surface area contributed by atoms with Crippen LogP contribution in [0.25, 0.3) is 0 Å². The van der Waals surface area contributed by atoms with Gasteiger partial charge in [0, 0.05) is 19.3 Å². The van der Waals surface area contributed by atoms with Crippen LogP contribution in [0.4, 0.5) is 0 Å². The van der Waals surface area contributed by atoms with E-state index >= 15 is 0 Å². The van der Waals surface area contributed by atoms with Crippen LogP contribution in [0, 0.1) is 0 Å². The molecule has 1 spiro atoms. The van der Waals surface area contributed by atoms with Gasteiger partial charge in [-0.25, -0.2) is 0 Å². The number of rotatable bonds is 14. The van der Waals surface area contributed by atoms with Gasteiger partial charge in [0.1, 0.15) is 0 Å². The molecule has 7 unspecified atom stereocenters. The lowest BCUT2D eigenvalue weighted by Gasteiger charge is -2.41. The van der Waals surface area contributed by atoms with Crippen molar-refractivity contribution in [3.8, 4) is 0 Å². The Morgan fingerprint density at radius 2 is 1.47 bits per heavy atom. The van der Waals surface area contributed by atoms with Gasteiger partial charge in [0.25, 0.3) is 0 Å². The average Bonchev–Trinajstić information content (AvgIpc) is 3.07. The minimum absolute atomic E-state index is 0.0781. The van der Waals surface area contributed by atoms with Crippen LogP contribution in [-0.4, -0.2) is 57.9 Å². The normalized spacial score (nSPS) is 35.8. The van der Waals surface area contributed by atoms with E-state index in [0.29, 0.717) is 32.1 Å². The highest BCUT2D eigenvalue weighted by atomic mass is 16.7. The molecule has 3 N–H and O–H groups in total. The van der Waals surface area contributed by atoms with E-state index < -0.39 is 24.3 Å². The van der Waals surface area contributed by atoms with Crippen LogP contribution in [-0.2, 0) is 14.2 Å². The second-order valence-electron chi connectivity index (χ2n) is 10.5. The summed E-state index contributed by atoms with van der Waals surface area (Å²) in [5.41, 5.74) is 0. The third-order valence-corrected chi connectivity index (χ3v) is 7.46. The van der Waals surface area contributed by atoms with Gasteiger partial charge in [-0.05, 0) is 25.7 Å². The third-order valence-electron chi connectivity index (χ3n) is 7.46. The molecule has 6 nitrogen and oxygen atoms in total. The van der Waals surface area contributed by atoms with Crippen LogP contribution in [0.15, 0.2) is 0 Å². The molecule has 7 atom stereocenters. The van der Waals surface area contributed by atoms with Gasteiger partial charge in [0.2, 0.25) is 0 Å². The van der Waals surface area contributed by atoms with Crippen molar-refractivity contribution in [2.75, 3.05) is 0 Å². The number of unbranched alkanes of at least 4 members (excludes halogenated alkanes) is 10. The van der Waals surface area contributed by atoms with Gasteiger partial charge >= 0.3 is 0 Å². The molecule has 3 aliphatic rings. The molecule has 0 aromatic rings. The standard InChI is InChI=1S/C26H48O6/c1-2-3-4-5-6-7-8-9-10-11-12-13-20(27)16-22-17-21(28)18-26(31-22)19-24-23(32-26)14-15-25(29)30-24/h20-25,27-29H,2-19H2,1H3. The summed E-state index contributed by atoms with van der Waals surface area (Å²) in [5.74, 6) is -0.835. The van der Waals surface area contributed by atoms with Crippen molar-refractivity contribution in [1.82, 2.24) is 0 Å². The lowest BCUT2D eigenvalue weighted by atomic mass is 9.91. The maximum Gasteiger partial charge on any atom is 0.174 e. The van der Waals surface area contributed by atoms with Crippen molar-refractivity contribution in [2.45, 2.75) is 165 Å². The Labute approximate surface area is 195 Å². The minimum atomic E-state index is -0.835. The molecule has 188 valence electrons. The van der Waals surface area contributed by atoms with E-state index in [1.165, 1.54) is 64.2 Å². The van der Waals surface area contributed by atoms with Crippen LogP contribution >= 0.6 is 0 Å². The fourth-order valence-corrected chi connectivity index (χ4v) is 5.76. The molecule has 0 aliphatic carbocycles. The summed E-state index contributed by atoms with van der Waals surface area (Å²) in [4.78, 5) is 0. The van der Waals surface area contributed by atoms with E-state index in [1.807, 2.05) is 0 Å². The van der Waals surface area contributed by atoms with Gasteiger partial charge in [-0.3, -0.25) is 0 Å². The fourth-order valence-electron chi connectivity index (χ4n) is 5.76. The zero-order chi connectivity index (χ0) is 22.8. The fraction of sp³-hybridized carbons (Fsp3) is 1.00. The third kappa shape index (κ3) is 8.52. The highest BCUT2D eigenvalue weighted by Crippen LogP contribution is 2.45. The molecule has 0 aromatic heterocycles. The van der Waals surface area contributed by atoms with Gasteiger partial charge in [-0.15, -0.1) is 0 Å². The van der Waals surface area contributed by atoms with E-state index in [2.05, 4.69) is 6.92 Å². The molecule has 0 aromatic carbocycles. The smallest absolute Gasteiger partial charge is 0.174 e. The van der Waals surface area contributed by atoms with Crippen LogP contribution in [0.5, 0.6) is 0 Å². The number of hydrogen-bond donors (Lipinski definition) is 3. The molecule has 6 heteroatoms. The topological polar surface area (TPSA) is 88.4 Å². The Morgan fingerprint density at radius 1 is 0.812 bits per heavy atom. The predicted molar refractivity (Wildman–Crippen MR) is 124 cm³/mol. The Hall–Kier alpha value is -0.240. The quantitative estimate of drug-likeness (QED) is 0.320. The minimum Gasteiger partial charge on any atom is -0.393 e. The Balaban J connectivity index is 1.27. The van der Waals surface area contributed by atoms with Gasteiger partial charge in [0.15, 0.2) is 12.1 Å². The second kappa shape index (κ2) is 13.6. The molecule has 0 saturated carbocycles. The first-order valence-electron chi connectivity index (χ1n) is 13.5. The number of aliphatic hydroxyl groups is 3. The summed E-state index contributed by atoms with van der Waals surface area (Å²) in [6, 6.07) is 0. The number of fused-ring (bicyclic) bond motifs is 1. The summed E-state index contributed by atoms with van der Waals surface area (Å²) in [5, 5.41) is 30.8. The van der Waals surface area contributed by atoms with Crippen LogP contribution in [0.1, 0.15) is 122 Å². The van der Waals surface area contributed by atoms with Gasteiger partial charge < -0.3 is 29.5 Å². The molecule has 3 aliphatic heterocycles. The van der Waals surface area contributed by atoms with E-state index in [1.54, 1.807) is 0 Å². The summed E-state index contributed by atoms with van der Waals surface area (Å²) >= 11 is 0. The first-order valence-corrected chi connectivity index (χ1v) is 13.5. The number of hydrogen-bond acceptors (Lipinski definition) is 6. The highest BCUT2D eigenvalue weighted by molar-refractivity contribution is 4.96. The molecule has 0 radical (unpaired) electrons. The second-order valence-corrected chi connectivity index (χ2v) is 10.5. The number of aliphatic hydroxyl groups excluding tert-OH is 3. The van der Waals surface area contributed by atoms with Gasteiger partial charge in [-0.1, -0.05) is 77.6 Å². The summed E-state index contributed by atoms with van der Waals surface area (Å²) < 4.78 is 18.1. The average molecular weight is 457 g/mol. The molecular weight excluding hydrogens is 408 g/mol. The van der Waals surface area contributed by atoms with Crippen LogP contribution in [0.2, 0.25) is 0 Å². The lowest BCUT2D eigenvalue weighted by molar-refractivity contribution is -0.291. The maximum atomic E-state index is 10.5. The van der Waals surface area contributed by atoms with Crippen molar-refractivity contribution >= 4 is 0 Å². The molecule has 32 heavy (non-hydrogen) atoms. The van der Waals surface area contributed by atoms with E-state index in [9.17, 15) is 15.3 Å². The van der Waals surface area contributed by atoms with Gasteiger partial charge in [0.05, 0.1) is 30.5 Å². The van der Waals surface area contributed by atoms with E-state index in [0.717, 1.165) is 19.3 Å². The molecule has 3 heterocycles. The van der Waals surface area contributed by atoms with Crippen molar-refractivity contribution in [3.63, 3.8) is 0 Å². The molecule has 0 bridgehead atoms. The Morgan fingerprint density at radius 3 is 2.16 bits per heavy atom. The number of ether oxygens (including phenoxy) is 3. The Bertz CT molecular complexity index is 517. The van der Waals surface area contributed by atoms with E-state index in [-0.39, 0.29) is 18.3 Å². The van der Waals surface area contributed by atoms with Crippen molar-refractivity contribution in [1.29, 1.82) is 0 Å². The molecule has 3 saturated heterocycles. The Kier molecular flexibility index (Phi) is 11.2. The monoisotopic (exact) mass is 456 g/mol. The molecular formula is C26H48O6. The molecule has 0 amide bonds. The molecule has 3 rings (SSSR count). The van der Waals surface area contributed by atoms with Crippen molar-refractivity contribution in [2.24, 2.45) is 0 Å². The first kappa shape index (κ1) is 26.4. The SMILES string of the molecule is CCCCCCCCCCCCCC(O)CC1CC(O)CC2(CC3OC(O)CCC3O2)O1. The zero-order valence-corrected chi connectivity index (χ0v) is 20.3. The van der Waals surface area contributed by atoms with E-state index in [4.69, 9.17) is 14.2 Å². The first-order chi connectivity index (χ1) is 15.5. The van der Waals surface area contributed by atoms with Gasteiger partial charge in [-0.2, -0.15) is 0 Å². The predicted octanol–water partition coefficient (Wildman–Crippen LogP) is 4.96. The van der Waals surface area contributed by atoms with Crippen molar-refractivity contribution in [3.05, 3.63) is 0 Å².